The van der Waals surface area contributed by atoms with Crippen molar-refractivity contribution in [1.82, 2.24) is 15.3 Å². The predicted molar refractivity (Wildman–Crippen MR) is 74.2 cm³/mol. The van der Waals surface area contributed by atoms with Crippen LogP contribution in [0, 0.1) is 13.8 Å². The predicted octanol–water partition coefficient (Wildman–Crippen LogP) is 2.03. The molecule has 1 heterocycles. The highest BCUT2D eigenvalue weighted by molar-refractivity contribution is 5.67. The molecule has 6 heteroatoms. The van der Waals surface area contributed by atoms with E-state index >= 15 is 0 Å². The summed E-state index contributed by atoms with van der Waals surface area (Å²) < 4.78 is 5.12. The molecule has 6 nitrogen and oxygen atoms in total. The summed E-state index contributed by atoms with van der Waals surface area (Å²) in [6.07, 6.45) is 1.35. The van der Waals surface area contributed by atoms with E-state index in [0.29, 0.717) is 19.0 Å². The third kappa shape index (κ3) is 6.03. The van der Waals surface area contributed by atoms with E-state index in [-0.39, 0.29) is 0 Å². The lowest BCUT2D eigenvalue weighted by Gasteiger charge is -2.19. The number of alkyl carbamates (subject to hydrolysis) is 1. The van der Waals surface area contributed by atoms with Gasteiger partial charge in [-0.3, -0.25) is 0 Å². The van der Waals surface area contributed by atoms with Gasteiger partial charge in [-0.1, -0.05) is 0 Å². The molecule has 19 heavy (non-hydrogen) atoms. The molecule has 106 valence electrons. The molecular formula is C13H22N4O2. The van der Waals surface area contributed by atoms with Crippen LogP contribution in [-0.2, 0) is 4.74 Å². The van der Waals surface area contributed by atoms with E-state index in [1.807, 2.05) is 34.6 Å². The zero-order chi connectivity index (χ0) is 14.5. The number of hydrogen-bond acceptors (Lipinski definition) is 5. The van der Waals surface area contributed by atoms with Crippen LogP contribution in [-0.4, -0.2) is 34.8 Å². The van der Waals surface area contributed by atoms with Gasteiger partial charge in [-0.15, -0.1) is 0 Å². The van der Waals surface area contributed by atoms with Gasteiger partial charge < -0.3 is 15.4 Å². The van der Waals surface area contributed by atoms with E-state index < -0.39 is 11.7 Å². The van der Waals surface area contributed by atoms with Crippen molar-refractivity contribution < 1.29 is 9.53 Å². The van der Waals surface area contributed by atoms with Crippen LogP contribution in [0.3, 0.4) is 0 Å². The lowest BCUT2D eigenvalue weighted by Crippen LogP contribution is -2.35. The second kappa shape index (κ2) is 6.36. The second-order valence-corrected chi connectivity index (χ2v) is 5.32. The quantitative estimate of drug-likeness (QED) is 0.815. The third-order valence-electron chi connectivity index (χ3n) is 2.30. The highest BCUT2D eigenvalue weighted by Crippen LogP contribution is 2.06. The second-order valence-electron chi connectivity index (χ2n) is 5.32. The van der Waals surface area contributed by atoms with Crippen LogP contribution in [0.4, 0.5) is 10.7 Å². The summed E-state index contributed by atoms with van der Waals surface area (Å²) in [7, 11) is 0. The first kappa shape index (κ1) is 15.2. The summed E-state index contributed by atoms with van der Waals surface area (Å²) in [4.78, 5) is 19.8. The van der Waals surface area contributed by atoms with Crippen molar-refractivity contribution in [2.75, 3.05) is 18.4 Å². The SMILES string of the molecule is Cc1cnc(NCCNC(=O)OC(C)(C)C)nc1C. The van der Waals surface area contributed by atoms with Crippen molar-refractivity contribution in [3.63, 3.8) is 0 Å². The van der Waals surface area contributed by atoms with Gasteiger partial charge in [0.15, 0.2) is 0 Å². The fourth-order valence-electron chi connectivity index (χ4n) is 1.27. The van der Waals surface area contributed by atoms with Gasteiger partial charge in [0.25, 0.3) is 0 Å². The minimum atomic E-state index is -0.477. The third-order valence-corrected chi connectivity index (χ3v) is 2.30. The first-order chi connectivity index (χ1) is 8.78. The minimum Gasteiger partial charge on any atom is -0.444 e. The van der Waals surface area contributed by atoms with Gasteiger partial charge in [0.05, 0.1) is 0 Å². The van der Waals surface area contributed by atoms with E-state index in [2.05, 4.69) is 20.6 Å². The Bertz CT molecular complexity index is 441. The average molecular weight is 266 g/mol. The molecule has 0 saturated heterocycles. The Kier molecular flexibility index (Phi) is 5.09. The number of carbonyl (C=O) groups excluding carboxylic acids is 1. The highest BCUT2D eigenvalue weighted by atomic mass is 16.6. The van der Waals surface area contributed by atoms with Gasteiger partial charge in [-0.2, -0.15) is 0 Å². The van der Waals surface area contributed by atoms with Crippen LogP contribution in [0.1, 0.15) is 32.0 Å². The molecule has 0 atom stereocenters. The minimum absolute atomic E-state index is 0.421. The molecule has 0 saturated carbocycles. The zero-order valence-electron chi connectivity index (χ0n) is 12.2. The van der Waals surface area contributed by atoms with Crippen LogP contribution >= 0.6 is 0 Å². The average Bonchev–Trinajstić information content (AvgIpc) is 2.27. The van der Waals surface area contributed by atoms with Crippen molar-refractivity contribution in [2.24, 2.45) is 0 Å². The Labute approximate surface area is 114 Å². The maximum Gasteiger partial charge on any atom is 0.407 e. The Morgan fingerprint density at radius 2 is 2.00 bits per heavy atom. The van der Waals surface area contributed by atoms with Gasteiger partial charge in [-0.25, -0.2) is 14.8 Å². The maximum atomic E-state index is 11.4. The number of nitrogens with one attached hydrogen (secondary N) is 2. The molecule has 0 fully saturated rings. The van der Waals surface area contributed by atoms with Gasteiger partial charge in [-0.05, 0) is 40.2 Å². The summed E-state index contributed by atoms with van der Waals surface area (Å²) in [5, 5.41) is 5.69. The van der Waals surface area contributed by atoms with Crippen LogP contribution in [0.25, 0.3) is 0 Å². The Morgan fingerprint density at radius 3 is 2.58 bits per heavy atom. The summed E-state index contributed by atoms with van der Waals surface area (Å²) in [5.74, 6) is 0.564. The summed E-state index contributed by atoms with van der Waals surface area (Å²) in [5.41, 5.74) is 1.52. The van der Waals surface area contributed by atoms with Gasteiger partial charge >= 0.3 is 6.09 Å². The molecule has 1 rings (SSSR count). The van der Waals surface area contributed by atoms with E-state index in [1.54, 1.807) is 6.20 Å². The van der Waals surface area contributed by atoms with E-state index in [1.165, 1.54) is 0 Å². The lowest BCUT2D eigenvalue weighted by atomic mass is 10.2. The molecule has 0 spiro atoms. The molecule has 1 amide bonds. The van der Waals surface area contributed by atoms with Crippen LogP contribution in [0.15, 0.2) is 6.20 Å². The maximum absolute atomic E-state index is 11.4. The summed E-state index contributed by atoms with van der Waals surface area (Å²) in [6.45, 7) is 10.4. The molecule has 1 aromatic heterocycles. The topological polar surface area (TPSA) is 76.1 Å². The first-order valence-corrected chi connectivity index (χ1v) is 6.29. The number of amides is 1. The van der Waals surface area contributed by atoms with Gasteiger partial charge in [0.1, 0.15) is 5.60 Å². The summed E-state index contributed by atoms with van der Waals surface area (Å²) >= 11 is 0. The number of aryl methyl sites for hydroxylation is 2. The first-order valence-electron chi connectivity index (χ1n) is 6.29. The molecular weight excluding hydrogens is 244 g/mol. The van der Waals surface area contributed by atoms with E-state index in [4.69, 9.17) is 4.74 Å². The number of nitrogens with zero attached hydrogens (tertiary/aromatic N) is 2. The Balaban J connectivity index is 2.27. The smallest absolute Gasteiger partial charge is 0.407 e. The number of rotatable bonds is 4. The van der Waals surface area contributed by atoms with E-state index in [0.717, 1.165) is 11.3 Å². The molecule has 0 aromatic carbocycles. The van der Waals surface area contributed by atoms with Crippen molar-refractivity contribution in [3.05, 3.63) is 17.5 Å². The monoisotopic (exact) mass is 266 g/mol. The number of anilines is 1. The molecule has 0 aliphatic heterocycles. The van der Waals surface area contributed by atoms with E-state index in [9.17, 15) is 4.79 Å². The number of carbonyl (C=O) groups is 1. The largest absolute Gasteiger partial charge is 0.444 e. The molecule has 2 N–H and O–H groups in total. The molecule has 1 aromatic rings. The van der Waals surface area contributed by atoms with Crippen molar-refractivity contribution in [3.8, 4) is 0 Å². The number of ether oxygens (including phenoxy) is 1. The van der Waals surface area contributed by atoms with Gasteiger partial charge in [0.2, 0.25) is 5.95 Å². The molecule has 0 aliphatic rings. The normalized spacial score (nSPS) is 11.0. The lowest BCUT2D eigenvalue weighted by molar-refractivity contribution is 0.0530. The Morgan fingerprint density at radius 1 is 1.32 bits per heavy atom. The molecule has 0 bridgehead atoms. The van der Waals surface area contributed by atoms with Crippen molar-refractivity contribution in [2.45, 2.75) is 40.2 Å². The zero-order valence-corrected chi connectivity index (χ0v) is 12.2. The Hall–Kier alpha value is -1.85. The molecule has 0 radical (unpaired) electrons. The van der Waals surface area contributed by atoms with Crippen molar-refractivity contribution in [1.29, 1.82) is 0 Å². The number of aromatic nitrogens is 2. The van der Waals surface area contributed by atoms with Crippen LogP contribution in [0.2, 0.25) is 0 Å². The molecule has 0 aliphatic carbocycles. The highest BCUT2D eigenvalue weighted by Gasteiger charge is 2.15. The fourth-order valence-corrected chi connectivity index (χ4v) is 1.27. The number of hydrogen-bond donors (Lipinski definition) is 2. The van der Waals surface area contributed by atoms with Crippen LogP contribution in [0.5, 0.6) is 0 Å². The fraction of sp³-hybridized carbons (Fsp3) is 0.615. The van der Waals surface area contributed by atoms with Crippen molar-refractivity contribution >= 4 is 12.0 Å². The molecule has 0 unspecified atom stereocenters. The van der Waals surface area contributed by atoms with Gasteiger partial charge in [0, 0.05) is 25.0 Å². The summed E-state index contributed by atoms with van der Waals surface area (Å²) in [6, 6.07) is 0. The van der Waals surface area contributed by atoms with Crippen LogP contribution < -0.4 is 10.6 Å². The standard InChI is InChI=1S/C13H22N4O2/c1-9-8-16-11(17-10(9)2)14-6-7-15-12(18)19-13(3,4)5/h8H,6-7H2,1-5H3,(H,15,18)(H,14,16,17).